The van der Waals surface area contributed by atoms with E-state index in [9.17, 15) is 4.79 Å². The van der Waals surface area contributed by atoms with Crippen LogP contribution < -0.4 is 4.74 Å². The maximum Gasteiger partial charge on any atom is 0.132 e. The molecule has 1 rings (SSSR count). The number of rotatable bonds is 3. The molecule has 0 radical (unpaired) electrons. The van der Waals surface area contributed by atoms with Gasteiger partial charge in [-0.3, -0.25) is 0 Å². The average Bonchev–Trinajstić information content (AvgIpc) is 2.17. The van der Waals surface area contributed by atoms with Crippen LogP contribution in [0.15, 0.2) is 23.1 Å². The quantitative estimate of drug-likeness (QED) is 0.593. The standard InChI is InChI=1S/C10H12O2S/c1-7(6-11)8-4-3-5-9(12-2)10(8)13/h3-7,13H,1-2H3. The van der Waals surface area contributed by atoms with Crippen molar-refractivity contribution in [3.05, 3.63) is 23.8 Å². The van der Waals surface area contributed by atoms with E-state index in [2.05, 4.69) is 12.6 Å². The Kier molecular flexibility index (Phi) is 3.37. The second kappa shape index (κ2) is 4.33. The zero-order chi connectivity index (χ0) is 9.84. The van der Waals surface area contributed by atoms with E-state index >= 15 is 0 Å². The molecule has 0 N–H and O–H groups in total. The molecule has 0 spiro atoms. The van der Waals surface area contributed by atoms with Gasteiger partial charge in [-0.25, -0.2) is 0 Å². The molecule has 0 fully saturated rings. The van der Waals surface area contributed by atoms with Crippen LogP contribution in [0.1, 0.15) is 18.4 Å². The van der Waals surface area contributed by atoms with E-state index in [1.165, 1.54) is 0 Å². The monoisotopic (exact) mass is 196 g/mol. The molecule has 0 aromatic heterocycles. The summed E-state index contributed by atoms with van der Waals surface area (Å²) < 4.78 is 5.09. The maximum absolute atomic E-state index is 10.6. The van der Waals surface area contributed by atoms with Gasteiger partial charge < -0.3 is 9.53 Å². The first-order valence-electron chi connectivity index (χ1n) is 4.02. The van der Waals surface area contributed by atoms with Crippen molar-refractivity contribution in [3.8, 4) is 5.75 Å². The fourth-order valence-electron chi connectivity index (χ4n) is 1.14. The van der Waals surface area contributed by atoms with Gasteiger partial charge in [0.2, 0.25) is 0 Å². The number of aldehydes is 1. The SMILES string of the molecule is COc1cccc(C(C)C=O)c1S. The van der Waals surface area contributed by atoms with Crippen molar-refractivity contribution >= 4 is 18.9 Å². The van der Waals surface area contributed by atoms with E-state index in [-0.39, 0.29) is 5.92 Å². The molecule has 1 aromatic carbocycles. The topological polar surface area (TPSA) is 26.3 Å². The summed E-state index contributed by atoms with van der Waals surface area (Å²) in [7, 11) is 1.59. The van der Waals surface area contributed by atoms with Crippen LogP contribution >= 0.6 is 12.6 Å². The Morgan fingerprint density at radius 2 is 2.23 bits per heavy atom. The van der Waals surface area contributed by atoms with Crippen LogP contribution in [0.3, 0.4) is 0 Å². The number of hydrogen-bond donors (Lipinski definition) is 1. The molecule has 13 heavy (non-hydrogen) atoms. The molecule has 0 saturated heterocycles. The molecule has 70 valence electrons. The number of carbonyl (C=O) groups excluding carboxylic acids is 1. The van der Waals surface area contributed by atoms with Gasteiger partial charge in [0.05, 0.1) is 12.0 Å². The average molecular weight is 196 g/mol. The summed E-state index contributed by atoms with van der Waals surface area (Å²) in [6, 6.07) is 5.56. The minimum atomic E-state index is -0.136. The highest BCUT2D eigenvalue weighted by Crippen LogP contribution is 2.29. The van der Waals surface area contributed by atoms with Gasteiger partial charge >= 0.3 is 0 Å². The summed E-state index contributed by atoms with van der Waals surface area (Å²) >= 11 is 4.30. The summed E-state index contributed by atoms with van der Waals surface area (Å²) in [6.07, 6.45) is 0.897. The smallest absolute Gasteiger partial charge is 0.132 e. The molecule has 0 saturated carbocycles. The number of methoxy groups -OCH3 is 1. The molecule has 1 aromatic rings. The fraction of sp³-hybridized carbons (Fsp3) is 0.300. The highest BCUT2D eigenvalue weighted by atomic mass is 32.1. The highest BCUT2D eigenvalue weighted by molar-refractivity contribution is 7.80. The third-order valence-electron chi connectivity index (χ3n) is 1.94. The van der Waals surface area contributed by atoms with Crippen LogP contribution in [-0.2, 0) is 4.79 Å². The van der Waals surface area contributed by atoms with Crippen molar-refractivity contribution in [1.82, 2.24) is 0 Å². The van der Waals surface area contributed by atoms with Crippen molar-refractivity contribution in [1.29, 1.82) is 0 Å². The summed E-state index contributed by atoms with van der Waals surface area (Å²) in [5.74, 6) is 0.567. The summed E-state index contributed by atoms with van der Waals surface area (Å²) in [5, 5.41) is 0. The number of thiol groups is 1. The molecule has 2 nitrogen and oxygen atoms in total. The minimum absolute atomic E-state index is 0.136. The van der Waals surface area contributed by atoms with E-state index in [0.717, 1.165) is 16.7 Å². The lowest BCUT2D eigenvalue weighted by molar-refractivity contribution is -0.108. The molecule has 0 aliphatic carbocycles. The van der Waals surface area contributed by atoms with Gasteiger partial charge in [0.25, 0.3) is 0 Å². The van der Waals surface area contributed by atoms with Crippen LogP contribution in [0.4, 0.5) is 0 Å². The Labute approximate surface area is 83.3 Å². The molecule has 1 atom stereocenters. The van der Waals surface area contributed by atoms with Crippen molar-refractivity contribution in [2.45, 2.75) is 17.7 Å². The predicted molar refractivity (Wildman–Crippen MR) is 54.7 cm³/mol. The lowest BCUT2D eigenvalue weighted by Gasteiger charge is -2.10. The molecule has 0 amide bonds. The van der Waals surface area contributed by atoms with Gasteiger partial charge in [-0.05, 0) is 11.6 Å². The van der Waals surface area contributed by atoms with Crippen LogP contribution in [0.5, 0.6) is 5.75 Å². The van der Waals surface area contributed by atoms with Gasteiger partial charge in [0.15, 0.2) is 0 Å². The van der Waals surface area contributed by atoms with Crippen molar-refractivity contribution in [3.63, 3.8) is 0 Å². The summed E-state index contributed by atoms with van der Waals surface area (Å²) in [4.78, 5) is 11.3. The number of ether oxygens (including phenoxy) is 1. The third-order valence-corrected chi connectivity index (χ3v) is 2.42. The molecule has 0 aliphatic heterocycles. The number of hydrogen-bond acceptors (Lipinski definition) is 3. The molecule has 3 heteroatoms. The van der Waals surface area contributed by atoms with E-state index in [1.807, 2.05) is 25.1 Å². The summed E-state index contributed by atoms with van der Waals surface area (Å²) in [6.45, 7) is 1.83. The second-order valence-corrected chi connectivity index (χ2v) is 3.27. The van der Waals surface area contributed by atoms with Gasteiger partial charge in [-0.1, -0.05) is 19.1 Å². The first-order chi connectivity index (χ1) is 6.20. The Bertz CT molecular complexity index is 310. The van der Waals surface area contributed by atoms with E-state index in [0.29, 0.717) is 5.75 Å². The van der Waals surface area contributed by atoms with Crippen LogP contribution in [0.25, 0.3) is 0 Å². The van der Waals surface area contributed by atoms with Gasteiger partial charge in [0.1, 0.15) is 12.0 Å². The number of carbonyl (C=O) groups is 1. The molecule has 1 unspecified atom stereocenters. The van der Waals surface area contributed by atoms with Gasteiger partial charge in [0, 0.05) is 5.92 Å². The van der Waals surface area contributed by atoms with Gasteiger partial charge in [-0.2, -0.15) is 0 Å². The molecular formula is C10H12O2S. The first kappa shape index (κ1) is 10.1. The maximum atomic E-state index is 10.6. The van der Waals surface area contributed by atoms with Crippen LogP contribution in [-0.4, -0.2) is 13.4 Å². The Balaban J connectivity index is 3.14. The third kappa shape index (κ3) is 2.04. The largest absolute Gasteiger partial charge is 0.496 e. The normalized spacial score (nSPS) is 12.2. The predicted octanol–water partition coefficient (Wildman–Crippen LogP) is 2.29. The molecule has 0 heterocycles. The Morgan fingerprint density at radius 1 is 1.54 bits per heavy atom. The zero-order valence-electron chi connectivity index (χ0n) is 7.65. The minimum Gasteiger partial charge on any atom is -0.496 e. The first-order valence-corrected chi connectivity index (χ1v) is 4.46. The van der Waals surface area contributed by atoms with E-state index in [4.69, 9.17) is 4.74 Å². The lowest BCUT2D eigenvalue weighted by Crippen LogP contribution is -1.97. The lowest BCUT2D eigenvalue weighted by atomic mass is 10.0. The second-order valence-electron chi connectivity index (χ2n) is 2.82. The van der Waals surface area contributed by atoms with Crippen LogP contribution in [0, 0.1) is 0 Å². The highest BCUT2D eigenvalue weighted by Gasteiger charge is 2.10. The number of benzene rings is 1. The molecule has 0 aliphatic rings. The zero-order valence-corrected chi connectivity index (χ0v) is 8.54. The molecular weight excluding hydrogens is 184 g/mol. The fourth-order valence-corrected chi connectivity index (χ4v) is 1.59. The molecule has 0 bridgehead atoms. The van der Waals surface area contributed by atoms with Crippen molar-refractivity contribution < 1.29 is 9.53 Å². The summed E-state index contributed by atoms with van der Waals surface area (Å²) in [5.41, 5.74) is 0.901. The van der Waals surface area contributed by atoms with E-state index in [1.54, 1.807) is 7.11 Å². The van der Waals surface area contributed by atoms with Crippen LogP contribution in [0.2, 0.25) is 0 Å². The Hall–Kier alpha value is -0.960. The Morgan fingerprint density at radius 3 is 2.77 bits per heavy atom. The van der Waals surface area contributed by atoms with Crippen molar-refractivity contribution in [2.24, 2.45) is 0 Å². The van der Waals surface area contributed by atoms with E-state index < -0.39 is 0 Å². The van der Waals surface area contributed by atoms with Gasteiger partial charge in [-0.15, -0.1) is 12.6 Å². The van der Waals surface area contributed by atoms with Crippen molar-refractivity contribution in [2.75, 3.05) is 7.11 Å².